The third kappa shape index (κ3) is 6.37. The van der Waals surface area contributed by atoms with Gasteiger partial charge in [-0.15, -0.1) is 0 Å². The van der Waals surface area contributed by atoms with Gasteiger partial charge in [0.15, 0.2) is 6.61 Å². The van der Waals surface area contributed by atoms with E-state index in [2.05, 4.69) is 5.32 Å². The average Bonchev–Trinajstić information content (AvgIpc) is 2.59. The minimum Gasteiger partial charge on any atom is -0.452 e. The van der Waals surface area contributed by atoms with Crippen molar-refractivity contribution >= 4 is 29.6 Å². The van der Waals surface area contributed by atoms with E-state index in [4.69, 9.17) is 16.3 Å². The Balaban J connectivity index is 1.84. The topological polar surface area (TPSA) is 55.4 Å². The summed E-state index contributed by atoms with van der Waals surface area (Å²) in [5.74, 6) is -1.20. The molecule has 0 atom stereocenters. The van der Waals surface area contributed by atoms with Gasteiger partial charge >= 0.3 is 12.1 Å². The van der Waals surface area contributed by atoms with Crippen molar-refractivity contribution in [1.29, 1.82) is 0 Å². The summed E-state index contributed by atoms with van der Waals surface area (Å²) in [6.07, 6.45) is 2.67. The number of ether oxygens (including phenoxy) is 1. The van der Waals surface area contributed by atoms with E-state index in [1.807, 2.05) is 0 Å². The van der Waals surface area contributed by atoms with Crippen molar-refractivity contribution in [2.24, 2.45) is 0 Å². The minimum absolute atomic E-state index is 0.111. The van der Waals surface area contributed by atoms with Gasteiger partial charge in [-0.3, -0.25) is 4.79 Å². The molecule has 1 fully saturated rings. The van der Waals surface area contributed by atoms with Crippen molar-refractivity contribution in [2.75, 3.05) is 6.61 Å². The maximum Gasteiger partial charge on any atom is 0.417 e. The highest BCUT2D eigenvalue weighted by Crippen LogP contribution is 2.35. The summed E-state index contributed by atoms with van der Waals surface area (Å²) >= 11 is 5.53. The second-order valence-electron chi connectivity index (χ2n) is 6.08. The SMILES string of the molecule is O=C(COC(=O)/C=C/c1ccc(Cl)c(C(F)(F)F)c1)NC1CCCCC1. The van der Waals surface area contributed by atoms with E-state index in [-0.39, 0.29) is 17.5 Å². The lowest BCUT2D eigenvalue weighted by molar-refractivity contribution is -0.144. The lowest BCUT2D eigenvalue weighted by Crippen LogP contribution is -2.38. The van der Waals surface area contributed by atoms with Crippen LogP contribution >= 0.6 is 11.6 Å². The van der Waals surface area contributed by atoms with E-state index in [1.165, 1.54) is 12.1 Å². The summed E-state index contributed by atoms with van der Waals surface area (Å²) in [5.41, 5.74) is -0.841. The molecule has 0 bridgehead atoms. The molecule has 0 aromatic heterocycles. The number of hydrogen-bond acceptors (Lipinski definition) is 3. The van der Waals surface area contributed by atoms with Gasteiger partial charge in [-0.25, -0.2) is 4.79 Å². The first-order valence-corrected chi connectivity index (χ1v) is 8.64. The quantitative estimate of drug-likeness (QED) is 0.601. The van der Waals surface area contributed by atoms with Crippen LogP contribution in [0, 0.1) is 0 Å². The molecule has 142 valence electrons. The van der Waals surface area contributed by atoms with Crippen LogP contribution in [0.1, 0.15) is 43.2 Å². The van der Waals surface area contributed by atoms with Crippen molar-refractivity contribution in [1.82, 2.24) is 5.32 Å². The Labute approximate surface area is 154 Å². The fraction of sp³-hybridized carbons (Fsp3) is 0.444. The fourth-order valence-electron chi connectivity index (χ4n) is 2.73. The van der Waals surface area contributed by atoms with Gasteiger partial charge in [0.2, 0.25) is 0 Å². The normalized spacial score (nSPS) is 15.8. The van der Waals surface area contributed by atoms with E-state index in [0.29, 0.717) is 0 Å². The number of alkyl halides is 3. The molecular weight excluding hydrogens is 371 g/mol. The van der Waals surface area contributed by atoms with Gasteiger partial charge in [-0.2, -0.15) is 13.2 Å². The Morgan fingerprint density at radius 3 is 2.58 bits per heavy atom. The number of esters is 1. The zero-order valence-electron chi connectivity index (χ0n) is 13.9. The lowest BCUT2D eigenvalue weighted by atomic mass is 9.95. The molecule has 1 aliphatic carbocycles. The lowest BCUT2D eigenvalue weighted by Gasteiger charge is -2.22. The second-order valence-corrected chi connectivity index (χ2v) is 6.49. The van der Waals surface area contributed by atoms with Gasteiger partial charge in [0.25, 0.3) is 5.91 Å². The van der Waals surface area contributed by atoms with Crippen molar-refractivity contribution in [3.05, 3.63) is 40.4 Å². The third-order valence-electron chi connectivity index (χ3n) is 4.02. The summed E-state index contributed by atoms with van der Waals surface area (Å²) in [6.45, 7) is -0.423. The van der Waals surface area contributed by atoms with Gasteiger partial charge < -0.3 is 10.1 Å². The molecule has 1 amide bonds. The first kappa shape index (κ1) is 20.3. The molecule has 0 radical (unpaired) electrons. The van der Waals surface area contributed by atoms with Gasteiger partial charge in [0, 0.05) is 12.1 Å². The maximum absolute atomic E-state index is 12.8. The predicted octanol–water partition coefficient (Wildman–Crippen LogP) is 4.36. The summed E-state index contributed by atoms with van der Waals surface area (Å²) in [5, 5.41) is 2.38. The molecule has 2 rings (SSSR count). The second kappa shape index (κ2) is 9.07. The van der Waals surface area contributed by atoms with Gasteiger partial charge in [-0.1, -0.05) is 36.9 Å². The third-order valence-corrected chi connectivity index (χ3v) is 4.35. The molecule has 0 heterocycles. The molecule has 8 heteroatoms. The van der Waals surface area contributed by atoms with E-state index < -0.39 is 29.3 Å². The molecule has 0 saturated heterocycles. The highest BCUT2D eigenvalue weighted by molar-refractivity contribution is 6.31. The molecular formula is C18H19ClF3NO3. The molecule has 4 nitrogen and oxygen atoms in total. The molecule has 1 saturated carbocycles. The smallest absolute Gasteiger partial charge is 0.417 e. The Morgan fingerprint density at radius 2 is 1.92 bits per heavy atom. The Bertz CT molecular complexity index is 683. The number of benzene rings is 1. The van der Waals surface area contributed by atoms with E-state index in [1.54, 1.807) is 0 Å². The number of halogens is 4. The predicted molar refractivity (Wildman–Crippen MR) is 91.5 cm³/mol. The number of amides is 1. The van der Waals surface area contributed by atoms with E-state index >= 15 is 0 Å². The molecule has 0 aliphatic heterocycles. The molecule has 1 N–H and O–H groups in total. The highest BCUT2D eigenvalue weighted by Gasteiger charge is 2.33. The Morgan fingerprint density at radius 1 is 1.23 bits per heavy atom. The largest absolute Gasteiger partial charge is 0.452 e. The standard InChI is InChI=1S/C18H19ClF3NO3/c19-15-8-6-12(10-14(15)18(20,21)22)7-9-17(25)26-11-16(24)23-13-4-2-1-3-5-13/h6-10,13H,1-5,11H2,(H,23,24)/b9-7+. The first-order chi connectivity index (χ1) is 12.3. The molecule has 1 aliphatic rings. The van der Waals surface area contributed by atoms with Crippen LogP contribution in [0.3, 0.4) is 0 Å². The number of carbonyl (C=O) groups excluding carboxylic acids is 2. The zero-order valence-corrected chi connectivity index (χ0v) is 14.7. The van der Waals surface area contributed by atoms with Crippen molar-refractivity contribution in [3.63, 3.8) is 0 Å². The summed E-state index contributed by atoms with van der Waals surface area (Å²) in [7, 11) is 0. The van der Waals surface area contributed by atoms with E-state index in [9.17, 15) is 22.8 Å². The van der Waals surface area contributed by atoms with Gasteiger partial charge in [-0.05, 0) is 36.6 Å². The molecule has 1 aromatic rings. The number of hydrogen-bond donors (Lipinski definition) is 1. The first-order valence-electron chi connectivity index (χ1n) is 8.26. The number of nitrogens with one attached hydrogen (secondary N) is 1. The van der Waals surface area contributed by atoms with Crippen LogP contribution in [-0.2, 0) is 20.5 Å². The summed E-state index contributed by atoms with van der Waals surface area (Å²) in [4.78, 5) is 23.4. The Hall–Kier alpha value is -2.02. The monoisotopic (exact) mass is 389 g/mol. The number of rotatable bonds is 5. The van der Waals surface area contributed by atoms with Crippen molar-refractivity contribution in [3.8, 4) is 0 Å². The van der Waals surface area contributed by atoms with Crippen LogP contribution in [0.4, 0.5) is 13.2 Å². The van der Waals surface area contributed by atoms with Crippen LogP contribution < -0.4 is 5.32 Å². The fourth-order valence-corrected chi connectivity index (χ4v) is 2.95. The van der Waals surface area contributed by atoms with E-state index in [0.717, 1.165) is 50.3 Å². The van der Waals surface area contributed by atoms with Crippen molar-refractivity contribution in [2.45, 2.75) is 44.3 Å². The van der Waals surface area contributed by atoms with Crippen LogP contribution in [0.2, 0.25) is 5.02 Å². The van der Waals surface area contributed by atoms with Crippen LogP contribution in [-0.4, -0.2) is 24.5 Å². The van der Waals surface area contributed by atoms with Crippen LogP contribution in [0.5, 0.6) is 0 Å². The Kier molecular flexibility index (Phi) is 7.08. The maximum atomic E-state index is 12.8. The molecule has 0 unspecified atom stereocenters. The molecule has 1 aromatic carbocycles. The van der Waals surface area contributed by atoms with Crippen molar-refractivity contribution < 1.29 is 27.5 Å². The number of carbonyl (C=O) groups is 2. The zero-order chi connectivity index (χ0) is 19.2. The summed E-state index contributed by atoms with van der Waals surface area (Å²) in [6, 6.07) is 3.40. The average molecular weight is 390 g/mol. The molecule has 0 spiro atoms. The van der Waals surface area contributed by atoms with Gasteiger partial charge in [0.1, 0.15) is 0 Å². The summed E-state index contributed by atoms with van der Waals surface area (Å²) < 4.78 is 43.2. The highest BCUT2D eigenvalue weighted by atomic mass is 35.5. The molecule has 26 heavy (non-hydrogen) atoms. The van der Waals surface area contributed by atoms with Crippen LogP contribution in [0.25, 0.3) is 6.08 Å². The minimum atomic E-state index is -4.58. The van der Waals surface area contributed by atoms with Crippen LogP contribution in [0.15, 0.2) is 24.3 Å². The van der Waals surface area contributed by atoms with Gasteiger partial charge in [0.05, 0.1) is 10.6 Å².